The van der Waals surface area contributed by atoms with Gasteiger partial charge >= 0.3 is 5.91 Å². The predicted molar refractivity (Wildman–Crippen MR) is 99.7 cm³/mol. The van der Waals surface area contributed by atoms with Crippen LogP contribution in [0.15, 0.2) is 12.1 Å². The number of ketones is 1. The van der Waals surface area contributed by atoms with Crippen molar-refractivity contribution in [3.8, 4) is 11.8 Å². The SMILES string of the molecule is CC(C)(C)CC(NC(=O)C1CCCCC1)C(=O)C(=O)Nn1c(O)ccc1O. The first kappa shape index (κ1) is 20.8. The summed E-state index contributed by atoms with van der Waals surface area (Å²) in [7, 11) is 0. The van der Waals surface area contributed by atoms with Crippen LogP contribution >= 0.6 is 0 Å². The largest absolute Gasteiger partial charge is 0.493 e. The van der Waals surface area contributed by atoms with E-state index in [9.17, 15) is 24.6 Å². The highest BCUT2D eigenvalue weighted by Gasteiger charge is 2.33. The molecule has 1 atom stereocenters. The molecule has 1 saturated carbocycles. The van der Waals surface area contributed by atoms with E-state index >= 15 is 0 Å². The third-order valence-corrected chi connectivity index (χ3v) is 4.70. The molecular formula is C19H29N3O5. The Morgan fingerprint density at radius 3 is 2.19 bits per heavy atom. The van der Waals surface area contributed by atoms with E-state index in [0.717, 1.165) is 32.1 Å². The topological polar surface area (TPSA) is 121 Å². The lowest BCUT2D eigenvalue weighted by Crippen LogP contribution is -2.50. The Hall–Kier alpha value is -2.51. The number of nitrogens with zero attached hydrogens (tertiary/aromatic N) is 1. The van der Waals surface area contributed by atoms with Crippen LogP contribution in [0.2, 0.25) is 0 Å². The summed E-state index contributed by atoms with van der Waals surface area (Å²) in [6.45, 7) is 5.75. The fraction of sp³-hybridized carbons (Fsp3) is 0.632. The molecule has 150 valence electrons. The third kappa shape index (κ3) is 5.74. The molecule has 1 aromatic rings. The fourth-order valence-corrected chi connectivity index (χ4v) is 3.32. The lowest BCUT2D eigenvalue weighted by molar-refractivity contribution is -0.139. The summed E-state index contributed by atoms with van der Waals surface area (Å²) in [5, 5.41) is 22.0. The number of carbonyl (C=O) groups is 3. The summed E-state index contributed by atoms with van der Waals surface area (Å²) in [6, 6.07) is 1.38. The Morgan fingerprint density at radius 1 is 1.11 bits per heavy atom. The van der Waals surface area contributed by atoms with Gasteiger partial charge in [-0.2, -0.15) is 4.68 Å². The van der Waals surface area contributed by atoms with E-state index in [1.165, 1.54) is 12.1 Å². The van der Waals surface area contributed by atoms with E-state index < -0.39 is 29.5 Å². The first-order valence-corrected chi connectivity index (χ1v) is 9.34. The lowest BCUT2D eigenvalue weighted by Gasteiger charge is -2.28. The molecule has 1 aliphatic rings. The van der Waals surface area contributed by atoms with Crippen LogP contribution < -0.4 is 10.7 Å². The highest BCUT2D eigenvalue weighted by Crippen LogP contribution is 2.26. The molecule has 0 radical (unpaired) electrons. The lowest BCUT2D eigenvalue weighted by atomic mass is 9.85. The monoisotopic (exact) mass is 379 g/mol. The van der Waals surface area contributed by atoms with E-state index in [2.05, 4.69) is 10.7 Å². The summed E-state index contributed by atoms with van der Waals surface area (Å²) in [5.41, 5.74) is 1.86. The minimum Gasteiger partial charge on any atom is -0.493 e. The molecule has 27 heavy (non-hydrogen) atoms. The van der Waals surface area contributed by atoms with Crippen LogP contribution in [0.3, 0.4) is 0 Å². The Bertz CT molecular complexity index is 679. The van der Waals surface area contributed by atoms with Crippen LogP contribution in [0.5, 0.6) is 11.8 Å². The zero-order chi connectivity index (χ0) is 20.2. The molecule has 0 aromatic carbocycles. The number of hydrogen-bond donors (Lipinski definition) is 4. The maximum absolute atomic E-state index is 12.7. The molecule has 1 unspecified atom stereocenters. The molecule has 0 aliphatic heterocycles. The Kier molecular flexibility index (Phi) is 6.51. The highest BCUT2D eigenvalue weighted by atomic mass is 16.3. The molecule has 0 bridgehead atoms. The average Bonchev–Trinajstić information content (AvgIpc) is 2.92. The van der Waals surface area contributed by atoms with E-state index in [0.29, 0.717) is 11.1 Å². The molecular weight excluding hydrogens is 350 g/mol. The average molecular weight is 379 g/mol. The van der Waals surface area contributed by atoms with Crippen molar-refractivity contribution in [1.82, 2.24) is 9.99 Å². The van der Waals surface area contributed by atoms with Crippen molar-refractivity contribution in [3.63, 3.8) is 0 Å². The summed E-state index contributed by atoms with van der Waals surface area (Å²) >= 11 is 0. The molecule has 1 fully saturated rings. The van der Waals surface area contributed by atoms with Gasteiger partial charge in [-0.1, -0.05) is 40.0 Å². The molecule has 1 heterocycles. The van der Waals surface area contributed by atoms with Crippen molar-refractivity contribution in [1.29, 1.82) is 0 Å². The molecule has 1 aromatic heterocycles. The number of rotatable bonds is 6. The second kappa shape index (κ2) is 8.45. The van der Waals surface area contributed by atoms with Crippen molar-refractivity contribution >= 4 is 17.6 Å². The minimum atomic E-state index is -1.02. The maximum atomic E-state index is 12.7. The number of aromatic nitrogens is 1. The van der Waals surface area contributed by atoms with Crippen LogP contribution in [0.4, 0.5) is 0 Å². The first-order valence-electron chi connectivity index (χ1n) is 9.34. The molecule has 2 rings (SSSR count). The van der Waals surface area contributed by atoms with E-state index in [-0.39, 0.29) is 17.2 Å². The van der Waals surface area contributed by atoms with Gasteiger partial charge in [-0.3, -0.25) is 19.8 Å². The third-order valence-electron chi connectivity index (χ3n) is 4.70. The Labute approximate surface area is 158 Å². The number of carbonyl (C=O) groups excluding carboxylic acids is 3. The minimum absolute atomic E-state index is 0.130. The van der Waals surface area contributed by atoms with Crippen molar-refractivity contribution < 1.29 is 24.6 Å². The van der Waals surface area contributed by atoms with Gasteiger partial charge in [-0.15, -0.1) is 0 Å². The van der Waals surface area contributed by atoms with Crippen molar-refractivity contribution in [3.05, 3.63) is 12.1 Å². The Balaban J connectivity index is 2.10. The number of Topliss-reactive ketones (excluding diaryl/α,β-unsaturated/α-hetero) is 1. The zero-order valence-electron chi connectivity index (χ0n) is 16.1. The van der Waals surface area contributed by atoms with Gasteiger partial charge in [-0.05, 0) is 24.7 Å². The molecule has 8 nitrogen and oxygen atoms in total. The van der Waals surface area contributed by atoms with Gasteiger partial charge < -0.3 is 15.5 Å². The Morgan fingerprint density at radius 2 is 1.67 bits per heavy atom. The maximum Gasteiger partial charge on any atom is 0.308 e. The standard InChI is InChI=1S/C19H29N3O5/c1-19(2,3)11-13(20-17(26)12-7-5-4-6-8-12)16(25)18(27)21-22-14(23)9-10-15(22)24/h9-10,12-13,23-24H,4-8,11H2,1-3H3,(H,20,26)(H,21,27). The number of amides is 2. The van der Waals surface area contributed by atoms with Gasteiger partial charge in [0.05, 0.1) is 6.04 Å². The van der Waals surface area contributed by atoms with Crippen molar-refractivity contribution in [2.24, 2.45) is 11.3 Å². The zero-order valence-corrected chi connectivity index (χ0v) is 16.1. The highest BCUT2D eigenvalue weighted by molar-refractivity contribution is 6.41. The number of hydrogen-bond acceptors (Lipinski definition) is 5. The van der Waals surface area contributed by atoms with Crippen LogP contribution in [-0.2, 0) is 14.4 Å². The fourth-order valence-electron chi connectivity index (χ4n) is 3.32. The van der Waals surface area contributed by atoms with Gasteiger partial charge in [0.1, 0.15) is 0 Å². The smallest absolute Gasteiger partial charge is 0.308 e. The van der Waals surface area contributed by atoms with Gasteiger partial charge in [0, 0.05) is 18.1 Å². The van der Waals surface area contributed by atoms with Crippen molar-refractivity contribution in [2.45, 2.75) is 65.3 Å². The molecule has 0 saturated heterocycles. The van der Waals surface area contributed by atoms with Crippen LogP contribution in [0.25, 0.3) is 0 Å². The summed E-state index contributed by atoms with van der Waals surface area (Å²) < 4.78 is 0.706. The summed E-state index contributed by atoms with van der Waals surface area (Å²) in [6.07, 6.45) is 4.96. The van der Waals surface area contributed by atoms with Crippen LogP contribution in [0.1, 0.15) is 59.3 Å². The summed E-state index contributed by atoms with van der Waals surface area (Å²) in [4.78, 5) is 37.6. The molecule has 2 amide bonds. The second-order valence-electron chi connectivity index (χ2n) is 8.35. The number of nitrogens with one attached hydrogen (secondary N) is 2. The molecule has 0 spiro atoms. The van der Waals surface area contributed by atoms with Gasteiger partial charge in [0.25, 0.3) is 0 Å². The summed E-state index contributed by atoms with van der Waals surface area (Å²) in [5.74, 6) is -2.98. The normalized spacial score (nSPS) is 16.6. The van der Waals surface area contributed by atoms with Crippen LogP contribution in [0, 0.1) is 11.3 Å². The molecule has 1 aliphatic carbocycles. The van der Waals surface area contributed by atoms with Gasteiger partial charge in [0.15, 0.2) is 0 Å². The van der Waals surface area contributed by atoms with E-state index in [1.807, 2.05) is 20.8 Å². The van der Waals surface area contributed by atoms with Gasteiger partial charge in [0.2, 0.25) is 23.5 Å². The van der Waals surface area contributed by atoms with Gasteiger partial charge in [-0.25, -0.2) is 0 Å². The van der Waals surface area contributed by atoms with E-state index in [1.54, 1.807) is 0 Å². The quantitative estimate of drug-likeness (QED) is 0.564. The molecule has 4 N–H and O–H groups in total. The predicted octanol–water partition coefficient (Wildman–Crippen LogP) is 2.04. The first-order chi connectivity index (χ1) is 12.6. The molecule has 8 heteroatoms. The van der Waals surface area contributed by atoms with E-state index in [4.69, 9.17) is 0 Å². The van der Waals surface area contributed by atoms with Crippen LogP contribution in [-0.4, -0.2) is 38.5 Å². The number of aromatic hydroxyl groups is 2. The second-order valence-corrected chi connectivity index (χ2v) is 8.35. The van der Waals surface area contributed by atoms with Crippen molar-refractivity contribution in [2.75, 3.05) is 5.43 Å².